The SMILES string of the molecule is C=CC(CC)(C/C=C/C)C(C)O. The Balaban J connectivity index is 4.45. The Hall–Kier alpha value is -0.560. The Bertz CT molecular complexity index is 158. The van der Waals surface area contributed by atoms with Gasteiger partial charge in [0.1, 0.15) is 0 Å². The summed E-state index contributed by atoms with van der Waals surface area (Å²) in [7, 11) is 0. The molecule has 0 saturated heterocycles. The van der Waals surface area contributed by atoms with E-state index < -0.39 is 0 Å². The first-order valence-electron chi connectivity index (χ1n) is 4.55. The van der Waals surface area contributed by atoms with Gasteiger partial charge >= 0.3 is 0 Å². The number of allylic oxidation sites excluding steroid dienone is 2. The van der Waals surface area contributed by atoms with Crippen molar-refractivity contribution in [2.24, 2.45) is 5.41 Å². The van der Waals surface area contributed by atoms with Gasteiger partial charge in [0.25, 0.3) is 0 Å². The summed E-state index contributed by atoms with van der Waals surface area (Å²) in [6, 6.07) is 0. The number of aliphatic hydroxyl groups excluding tert-OH is 1. The molecule has 0 radical (unpaired) electrons. The van der Waals surface area contributed by atoms with Crippen molar-refractivity contribution < 1.29 is 5.11 Å². The Kier molecular flexibility index (Phi) is 4.91. The van der Waals surface area contributed by atoms with Crippen molar-refractivity contribution >= 4 is 0 Å². The average molecular weight is 168 g/mol. The Morgan fingerprint density at radius 1 is 1.58 bits per heavy atom. The first kappa shape index (κ1) is 11.4. The van der Waals surface area contributed by atoms with Crippen LogP contribution in [0.4, 0.5) is 0 Å². The summed E-state index contributed by atoms with van der Waals surface area (Å²) < 4.78 is 0. The first-order chi connectivity index (χ1) is 5.63. The number of hydrogen-bond acceptors (Lipinski definition) is 1. The van der Waals surface area contributed by atoms with Crippen LogP contribution in [0.1, 0.15) is 33.6 Å². The summed E-state index contributed by atoms with van der Waals surface area (Å²) >= 11 is 0. The smallest absolute Gasteiger partial charge is 0.0605 e. The van der Waals surface area contributed by atoms with Crippen molar-refractivity contribution in [3.8, 4) is 0 Å². The standard InChI is InChI=1S/C11H20O/c1-5-8-9-11(6-2,7-3)10(4)12/h5-6,8,10,12H,2,7,9H2,1,3-4H3/b8-5+. The molecule has 0 aromatic carbocycles. The van der Waals surface area contributed by atoms with E-state index >= 15 is 0 Å². The van der Waals surface area contributed by atoms with Crippen molar-refractivity contribution in [3.05, 3.63) is 24.8 Å². The van der Waals surface area contributed by atoms with Crippen molar-refractivity contribution in [2.75, 3.05) is 0 Å². The zero-order chi connectivity index (χ0) is 9.61. The van der Waals surface area contributed by atoms with E-state index in [0.717, 1.165) is 12.8 Å². The second kappa shape index (κ2) is 5.15. The molecule has 0 aromatic heterocycles. The monoisotopic (exact) mass is 168 g/mol. The van der Waals surface area contributed by atoms with Gasteiger partial charge in [0.05, 0.1) is 6.10 Å². The van der Waals surface area contributed by atoms with Crippen molar-refractivity contribution in [1.82, 2.24) is 0 Å². The minimum absolute atomic E-state index is 0.132. The average Bonchev–Trinajstić information content (AvgIpc) is 2.07. The fourth-order valence-corrected chi connectivity index (χ4v) is 1.35. The molecule has 0 aliphatic carbocycles. The zero-order valence-corrected chi connectivity index (χ0v) is 8.38. The molecule has 0 aliphatic rings. The van der Waals surface area contributed by atoms with Crippen LogP contribution in [0.5, 0.6) is 0 Å². The lowest BCUT2D eigenvalue weighted by Gasteiger charge is -2.31. The van der Waals surface area contributed by atoms with Gasteiger partial charge in [-0.3, -0.25) is 0 Å². The summed E-state index contributed by atoms with van der Waals surface area (Å²) in [5.74, 6) is 0. The minimum atomic E-state index is -0.323. The highest BCUT2D eigenvalue weighted by molar-refractivity contribution is 5.02. The summed E-state index contributed by atoms with van der Waals surface area (Å²) in [5.41, 5.74) is -0.132. The van der Waals surface area contributed by atoms with Crippen LogP contribution in [0.25, 0.3) is 0 Å². The normalized spacial score (nSPS) is 19.0. The van der Waals surface area contributed by atoms with Crippen LogP contribution in [0.3, 0.4) is 0 Å². The fourth-order valence-electron chi connectivity index (χ4n) is 1.35. The van der Waals surface area contributed by atoms with Crippen LogP contribution in [0.15, 0.2) is 24.8 Å². The molecule has 70 valence electrons. The number of aliphatic hydroxyl groups is 1. The quantitative estimate of drug-likeness (QED) is 0.626. The second-order valence-corrected chi connectivity index (χ2v) is 3.24. The first-order valence-corrected chi connectivity index (χ1v) is 4.55. The lowest BCUT2D eigenvalue weighted by molar-refractivity contribution is 0.0734. The van der Waals surface area contributed by atoms with Crippen LogP contribution >= 0.6 is 0 Å². The molecule has 2 unspecified atom stereocenters. The largest absolute Gasteiger partial charge is 0.393 e. The Labute approximate surface area is 75.8 Å². The van der Waals surface area contributed by atoms with E-state index in [1.165, 1.54) is 0 Å². The molecule has 0 saturated carbocycles. The highest BCUT2D eigenvalue weighted by Gasteiger charge is 2.28. The molecule has 1 N–H and O–H groups in total. The maximum absolute atomic E-state index is 9.58. The van der Waals surface area contributed by atoms with E-state index in [-0.39, 0.29) is 11.5 Å². The van der Waals surface area contributed by atoms with Gasteiger partial charge in [-0.25, -0.2) is 0 Å². The molecular formula is C11H20O. The molecule has 0 aromatic rings. The Morgan fingerprint density at radius 3 is 2.42 bits per heavy atom. The predicted molar refractivity (Wildman–Crippen MR) is 54.0 cm³/mol. The molecule has 0 aliphatic heterocycles. The van der Waals surface area contributed by atoms with Crippen LogP contribution in [0.2, 0.25) is 0 Å². The van der Waals surface area contributed by atoms with Gasteiger partial charge in [-0.05, 0) is 26.7 Å². The molecule has 2 atom stereocenters. The summed E-state index contributed by atoms with van der Waals surface area (Å²) in [6.07, 6.45) is 7.45. The van der Waals surface area contributed by atoms with Crippen molar-refractivity contribution in [2.45, 2.75) is 39.7 Å². The van der Waals surface area contributed by atoms with Gasteiger partial charge in [-0.1, -0.05) is 25.2 Å². The third-order valence-corrected chi connectivity index (χ3v) is 2.63. The fraction of sp³-hybridized carbons (Fsp3) is 0.636. The molecule has 0 spiro atoms. The molecule has 0 bridgehead atoms. The highest BCUT2D eigenvalue weighted by Crippen LogP contribution is 2.32. The second-order valence-electron chi connectivity index (χ2n) is 3.24. The third-order valence-electron chi connectivity index (χ3n) is 2.63. The van der Waals surface area contributed by atoms with Gasteiger partial charge in [-0.15, -0.1) is 6.58 Å². The van der Waals surface area contributed by atoms with Gasteiger partial charge in [0, 0.05) is 5.41 Å². The molecule has 0 rings (SSSR count). The zero-order valence-electron chi connectivity index (χ0n) is 8.38. The maximum atomic E-state index is 9.58. The van der Waals surface area contributed by atoms with Gasteiger partial charge in [0.2, 0.25) is 0 Å². The predicted octanol–water partition coefficient (Wildman–Crippen LogP) is 2.92. The molecule has 0 amide bonds. The lowest BCUT2D eigenvalue weighted by Crippen LogP contribution is -2.29. The van der Waals surface area contributed by atoms with Crippen molar-refractivity contribution in [1.29, 1.82) is 0 Å². The van der Waals surface area contributed by atoms with Crippen LogP contribution in [-0.2, 0) is 0 Å². The maximum Gasteiger partial charge on any atom is 0.0605 e. The molecule has 1 heteroatoms. The van der Waals surface area contributed by atoms with Gasteiger partial charge in [-0.2, -0.15) is 0 Å². The minimum Gasteiger partial charge on any atom is -0.393 e. The number of hydrogen-bond donors (Lipinski definition) is 1. The topological polar surface area (TPSA) is 20.2 Å². The van der Waals surface area contributed by atoms with E-state index in [0.29, 0.717) is 0 Å². The molecule has 12 heavy (non-hydrogen) atoms. The van der Waals surface area contributed by atoms with Gasteiger partial charge < -0.3 is 5.11 Å². The molecule has 0 heterocycles. The Morgan fingerprint density at radius 2 is 2.17 bits per heavy atom. The van der Waals surface area contributed by atoms with E-state index in [1.807, 2.05) is 26.0 Å². The van der Waals surface area contributed by atoms with E-state index in [2.05, 4.69) is 19.6 Å². The lowest BCUT2D eigenvalue weighted by atomic mass is 9.77. The molecular weight excluding hydrogens is 148 g/mol. The number of rotatable bonds is 5. The van der Waals surface area contributed by atoms with Gasteiger partial charge in [0.15, 0.2) is 0 Å². The summed E-state index contributed by atoms with van der Waals surface area (Å²) in [6.45, 7) is 9.69. The van der Waals surface area contributed by atoms with Crippen LogP contribution in [0, 0.1) is 5.41 Å². The molecule has 1 nitrogen and oxygen atoms in total. The van der Waals surface area contributed by atoms with E-state index in [4.69, 9.17) is 0 Å². The van der Waals surface area contributed by atoms with E-state index in [1.54, 1.807) is 0 Å². The van der Waals surface area contributed by atoms with Crippen LogP contribution < -0.4 is 0 Å². The van der Waals surface area contributed by atoms with Crippen molar-refractivity contribution in [3.63, 3.8) is 0 Å². The summed E-state index contributed by atoms with van der Waals surface area (Å²) in [4.78, 5) is 0. The van der Waals surface area contributed by atoms with Crippen LogP contribution in [-0.4, -0.2) is 11.2 Å². The van der Waals surface area contributed by atoms with E-state index in [9.17, 15) is 5.11 Å². The molecule has 0 fully saturated rings. The highest BCUT2D eigenvalue weighted by atomic mass is 16.3. The third kappa shape index (κ3) is 2.49. The summed E-state index contributed by atoms with van der Waals surface area (Å²) in [5, 5.41) is 9.58.